The first-order valence-electron chi connectivity index (χ1n) is 6.61. The maximum Gasteiger partial charge on any atom is 0.461 e. The summed E-state index contributed by atoms with van der Waals surface area (Å²) in [6.45, 7) is -0.776. The van der Waals surface area contributed by atoms with Crippen LogP contribution in [0.4, 0.5) is 0 Å². The number of hydrogen-bond acceptors (Lipinski definition) is 6. The highest BCUT2D eigenvalue weighted by Gasteiger charge is 2.42. The van der Waals surface area contributed by atoms with Gasteiger partial charge in [0, 0.05) is 0 Å². The topological polar surface area (TPSA) is 96.2 Å². The Morgan fingerprint density at radius 3 is 1.64 bits per heavy atom. The van der Waals surface area contributed by atoms with Crippen LogP contribution in [0.1, 0.15) is 0 Å². The van der Waals surface area contributed by atoms with Gasteiger partial charge in [-0.3, -0.25) is 0 Å². The summed E-state index contributed by atoms with van der Waals surface area (Å²) >= 11 is 0. The Labute approximate surface area is 128 Å². The second-order valence-corrected chi connectivity index (χ2v) is 6.49. The van der Waals surface area contributed by atoms with Gasteiger partial charge in [-0.05, 0) is 24.3 Å². The molecule has 2 atom stereocenters. The molecule has 0 spiro atoms. The fraction of sp³-hybridized carbons (Fsp3) is 0.200. The Bertz CT molecular complexity index is 573. The lowest BCUT2D eigenvalue weighted by molar-refractivity contribution is 0.0147. The van der Waals surface area contributed by atoms with E-state index in [1.807, 2.05) is 0 Å². The Hall–Kier alpha value is -1.85. The van der Waals surface area contributed by atoms with Gasteiger partial charge < -0.3 is 24.4 Å². The van der Waals surface area contributed by atoms with Crippen molar-refractivity contribution in [2.24, 2.45) is 0 Å². The Morgan fingerprint density at radius 2 is 1.27 bits per heavy atom. The Balaban J connectivity index is 2.29. The lowest BCUT2D eigenvalue weighted by Crippen LogP contribution is -2.32. The predicted molar refractivity (Wildman–Crippen MR) is 80.8 cm³/mol. The molecule has 0 aliphatic heterocycles. The molecule has 2 aromatic rings. The fourth-order valence-corrected chi connectivity index (χ4v) is 3.29. The monoisotopic (exact) mass is 324 g/mol. The van der Waals surface area contributed by atoms with Gasteiger partial charge in [0.1, 0.15) is 17.6 Å². The van der Waals surface area contributed by atoms with E-state index in [-0.39, 0.29) is 11.5 Å². The molecule has 0 aromatic heterocycles. The van der Waals surface area contributed by atoms with Crippen LogP contribution in [0.3, 0.4) is 0 Å². The smallest absolute Gasteiger partial charge is 0.414 e. The van der Waals surface area contributed by atoms with E-state index in [2.05, 4.69) is 0 Å². The maximum absolute atomic E-state index is 12.9. The summed E-state index contributed by atoms with van der Waals surface area (Å²) in [6, 6.07) is 16.3. The zero-order valence-electron chi connectivity index (χ0n) is 11.6. The third kappa shape index (κ3) is 4.08. The van der Waals surface area contributed by atoms with Crippen LogP contribution in [0.25, 0.3) is 0 Å². The van der Waals surface area contributed by atoms with Crippen LogP contribution in [0.5, 0.6) is 11.5 Å². The molecule has 7 heteroatoms. The normalized spacial score (nSPS) is 14.1. The van der Waals surface area contributed by atoms with E-state index in [0.717, 1.165) is 0 Å². The summed E-state index contributed by atoms with van der Waals surface area (Å²) in [5.41, 5.74) is 0. The second-order valence-electron chi connectivity index (χ2n) is 4.51. The van der Waals surface area contributed by atoms with Gasteiger partial charge in [0.25, 0.3) is 0 Å². The maximum atomic E-state index is 12.9. The molecule has 0 aliphatic rings. The SMILES string of the molecule is O=P(Oc1ccccc1)(Oc1ccccc1)[C@@H](O)[C@H](O)CO. The molecular weight excluding hydrogens is 307 g/mol. The van der Waals surface area contributed by atoms with Crippen LogP contribution in [-0.4, -0.2) is 33.9 Å². The van der Waals surface area contributed by atoms with E-state index in [4.69, 9.17) is 14.2 Å². The first kappa shape index (κ1) is 16.5. The number of hydrogen-bond donors (Lipinski definition) is 3. The van der Waals surface area contributed by atoms with E-state index in [1.165, 1.54) is 0 Å². The van der Waals surface area contributed by atoms with E-state index in [1.54, 1.807) is 60.7 Å². The molecule has 0 saturated carbocycles. The van der Waals surface area contributed by atoms with E-state index in [9.17, 15) is 14.8 Å². The summed E-state index contributed by atoms with van der Waals surface area (Å²) in [5, 5.41) is 28.6. The summed E-state index contributed by atoms with van der Waals surface area (Å²) in [6.07, 6.45) is -1.65. The molecule has 118 valence electrons. The molecule has 22 heavy (non-hydrogen) atoms. The summed E-state index contributed by atoms with van der Waals surface area (Å²) in [4.78, 5) is 0. The van der Waals surface area contributed by atoms with Crippen LogP contribution >= 0.6 is 7.60 Å². The van der Waals surface area contributed by atoms with Crippen molar-refractivity contribution < 1.29 is 28.9 Å². The molecule has 2 aromatic carbocycles. The molecule has 0 amide bonds. The third-order valence-corrected chi connectivity index (χ3v) is 4.73. The first-order chi connectivity index (χ1) is 10.5. The van der Waals surface area contributed by atoms with Gasteiger partial charge >= 0.3 is 7.60 Å². The number of rotatable bonds is 7. The molecule has 2 rings (SSSR count). The average molecular weight is 324 g/mol. The van der Waals surface area contributed by atoms with Crippen LogP contribution in [-0.2, 0) is 4.57 Å². The molecule has 0 radical (unpaired) electrons. The van der Waals surface area contributed by atoms with Gasteiger partial charge in [-0.25, -0.2) is 4.57 Å². The third-order valence-electron chi connectivity index (χ3n) is 2.81. The van der Waals surface area contributed by atoms with E-state index < -0.39 is 26.2 Å². The first-order valence-corrected chi connectivity index (χ1v) is 8.22. The summed E-state index contributed by atoms with van der Waals surface area (Å²) in [5.74, 6) is -1.46. The zero-order valence-corrected chi connectivity index (χ0v) is 12.5. The number of aliphatic hydroxyl groups is 3. The average Bonchev–Trinajstić information content (AvgIpc) is 2.55. The highest BCUT2D eigenvalue weighted by Crippen LogP contribution is 2.52. The largest absolute Gasteiger partial charge is 0.461 e. The minimum absolute atomic E-state index is 0.214. The van der Waals surface area contributed by atoms with Gasteiger partial charge in [-0.2, -0.15) is 0 Å². The standard InChI is InChI=1S/C15H17O6P/c16-11-14(17)15(18)22(19,20-12-7-3-1-4-8-12)21-13-9-5-2-6-10-13/h1-10,14-18H,11H2/t14-,15-/m1/s1. The molecule has 0 fully saturated rings. The lowest BCUT2D eigenvalue weighted by Gasteiger charge is -2.26. The van der Waals surface area contributed by atoms with Crippen LogP contribution in [0.2, 0.25) is 0 Å². The second kappa shape index (κ2) is 7.42. The molecule has 6 nitrogen and oxygen atoms in total. The number of para-hydroxylation sites is 2. The van der Waals surface area contributed by atoms with Crippen molar-refractivity contribution in [2.75, 3.05) is 6.61 Å². The molecule has 0 heterocycles. The number of benzene rings is 2. The number of aliphatic hydroxyl groups excluding tert-OH is 3. The van der Waals surface area contributed by atoms with E-state index in [0.29, 0.717) is 0 Å². The van der Waals surface area contributed by atoms with Gasteiger partial charge in [0.2, 0.25) is 5.85 Å². The summed E-state index contributed by atoms with van der Waals surface area (Å²) < 4.78 is 23.5. The summed E-state index contributed by atoms with van der Waals surface area (Å²) in [7, 11) is -4.18. The minimum Gasteiger partial charge on any atom is -0.414 e. The highest BCUT2D eigenvalue weighted by molar-refractivity contribution is 7.55. The molecule has 0 bridgehead atoms. The van der Waals surface area contributed by atoms with Crippen molar-refractivity contribution in [3.8, 4) is 11.5 Å². The van der Waals surface area contributed by atoms with Crippen LogP contribution in [0.15, 0.2) is 60.7 Å². The van der Waals surface area contributed by atoms with Gasteiger partial charge in [0.05, 0.1) is 6.61 Å². The van der Waals surface area contributed by atoms with Crippen LogP contribution < -0.4 is 9.05 Å². The lowest BCUT2D eigenvalue weighted by atomic mass is 10.3. The van der Waals surface area contributed by atoms with Gasteiger partial charge in [-0.15, -0.1) is 0 Å². The quantitative estimate of drug-likeness (QED) is 0.674. The minimum atomic E-state index is -4.18. The molecule has 0 unspecified atom stereocenters. The van der Waals surface area contributed by atoms with Gasteiger partial charge in [-0.1, -0.05) is 36.4 Å². The van der Waals surface area contributed by atoms with Crippen LogP contribution in [0, 0.1) is 0 Å². The van der Waals surface area contributed by atoms with Gasteiger partial charge in [0.15, 0.2) is 0 Å². The Kier molecular flexibility index (Phi) is 5.57. The van der Waals surface area contributed by atoms with Crippen molar-refractivity contribution in [3.05, 3.63) is 60.7 Å². The predicted octanol–water partition coefficient (Wildman–Crippen LogP) is 2.01. The molecule has 0 aliphatic carbocycles. The van der Waals surface area contributed by atoms with Crippen molar-refractivity contribution >= 4 is 7.60 Å². The van der Waals surface area contributed by atoms with E-state index >= 15 is 0 Å². The molecule has 3 N–H and O–H groups in total. The van der Waals surface area contributed by atoms with Crippen molar-refractivity contribution in [2.45, 2.75) is 11.9 Å². The van der Waals surface area contributed by atoms with Crippen molar-refractivity contribution in [3.63, 3.8) is 0 Å². The zero-order chi connectivity index (χ0) is 16.0. The van der Waals surface area contributed by atoms with Crippen molar-refractivity contribution in [1.82, 2.24) is 0 Å². The molecular formula is C15H17O6P. The Morgan fingerprint density at radius 1 is 0.864 bits per heavy atom. The fourth-order valence-electron chi connectivity index (χ4n) is 1.69. The van der Waals surface area contributed by atoms with Crippen molar-refractivity contribution in [1.29, 1.82) is 0 Å². The molecule has 0 saturated heterocycles. The highest BCUT2D eigenvalue weighted by atomic mass is 31.2.